The van der Waals surface area contributed by atoms with Crippen molar-refractivity contribution in [2.45, 2.75) is 31.2 Å². The Morgan fingerprint density at radius 2 is 2.05 bits per heavy atom. The maximum atomic E-state index is 12.5. The fourth-order valence-corrected chi connectivity index (χ4v) is 3.66. The molecule has 5 nitrogen and oxygen atoms in total. The Kier molecular flexibility index (Phi) is 5.79. The molecule has 1 aromatic rings. The number of aliphatic hydroxyl groups excluding tert-OH is 1. The van der Waals surface area contributed by atoms with Crippen LogP contribution in [0.5, 0.6) is 0 Å². The highest BCUT2D eigenvalue weighted by atomic mass is 79.9. The van der Waals surface area contributed by atoms with E-state index in [4.69, 9.17) is 10.8 Å². The van der Waals surface area contributed by atoms with Crippen LogP contribution in [-0.2, 0) is 10.0 Å². The number of aliphatic hydroxyl groups is 1. The number of hydrogen-bond acceptors (Lipinski definition) is 4. The molecule has 0 heterocycles. The molecule has 3 N–H and O–H groups in total. The molecular weight excluding hydrogens is 332 g/mol. The molecule has 0 bridgehead atoms. The van der Waals surface area contributed by atoms with Crippen molar-refractivity contribution in [3.05, 3.63) is 22.7 Å². The lowest BCUT2D eigenvalue weighted by molar-refractivity contribution is 0.258. The molecule has 0 atom stereocenters. The summed E-state index contributed by atoms with van der Waals surface area (Å²) >= 11 is 3.24. The third kappa shape index (κ3) is 3.92. The van der Waals surface area contributed by atoms with Crippen molar-refractivity contribution < 1.29 is 13.5 Å². The van der Waals surface area contributed by atoms with Crippen molar-refractivity contribution in [2.24, 2.45) is 0 Å². The van der Waals surface area contributed by atoms with E-state index >= 15 is 0 Å². The largest absolute Gasteiger partial charge is 0.398 e. The highest BCUT2D eigenvalue weighted by molar-refractivity contribution is 9.10. The second kappa shape index (κ2) is 6.69. The topological polar surface area (TPSA) is 83.6 Å². The summed E-state index contributed by atoms with van der Waals surface area (Å²) in [5.74, 6) is 0. The van der Waals surface area contributed by atoms with Gasteiger partial charge in [0.05, 0.1) is 4.90 Å². The van der Waals surface area contributed by atoms with Crippen molar-refractivity contribution in [1.29, 1.82) is 0 Å². The summed E-state index contributed by atoms with van der Waals surface area (Å²) in [6.45, 7) is 3.85. The van der Waals surface area contributed by atoms with Gasteiger partial charge in [-0.1, -0.05) is 0 Å². The zero-order valence-electron chi connectivity index (χ0n) is 11.0. The van der Waals surface area contributed by atoms with E-state index in [9.17, 15) is 8.42 Å². The predicted molar refractivity (Wildman–Crippen MR) is 79.3 cm³/mol. The summed E-state index contributed by atoms with van der Waals surface area (Å²) in [4.78, 5) is 0.167. The lowest BCUT2D eigenvalue weighted by Crippen LogP contribution is -2.38. The third-order valence-corrected chi connectivity index (χ3v) is 5.48. The number of nitrogens with two attached hydrogens (primary N) is 1. The highest BCUT2D eigenvalue weighted by Gasteiger charge is 2.26. The summed E-state index contributed by atoms with van der Waals surface area (Å²) in [7, 11) is -3.59. The smallest absolute Gasteiger partial charge is 0.243 e. The molecule has 1 aromatic carbocycles. The van der Waals surface area contributed by atoms with Crippen LogP contribution >= 0.6 is 15.9 Å². The number of hydrogen-bond donors (Lipinski definition) is 2. The van der Waals surface area contributed by atoms with Crippen LogP contribution in [0.4, 0.5) is 5.69 Å². The van der Waals surface area contributed by atoms with Crippen LogP contribution in [0.15, 0.2) is 27.6 Å². The van der Waals surface area contributed by atoms with Crippen LogP contribution in [0, 0.1) is 0 Å². The molecule has 0 spiro atoms. The number of benzene rings is 1. The third-order valence-electron chi connectivity index (χ3n) is 2.69. The van der Waals surface area contributed by atoms with Crippen molar-refractivity contribution in [3.8, 4) is 0 Å². The molecule has 0 aliphatic carbocycles. The second-order valence-corrected chi connectivity index (χ2v) is 7.21. The van der Waals surface area contributed by atoms with Gasteiger partial charge in [0.15, 0.2) is 0 Å². The molecule has 0 aliphatic heterocycles. The van der Waals surface area contributed by atoms with Gasteiger partial charge in [0.2, 0.25) is 10.0 Å². The van der Waals surface area contributed by atoms with Gasteiger partial charge < -0.3 is 10.8 Å². The maximum Gasteiger partial charge on any atom is 0.243 e. The molecule has 108 valence electrons. The predicted octanol–water partition coefficient (Wildman–Crippen LogP) is 1.81. The normalized spacial score (nSPS) is 12.3. The van der Waals surface area contributed by atoms with E-state index in [1.165, 1.54) is 16.4 Å². The van der Waals surface area contributed by atoms with Gasteiger partial charge in [0.1, 0.15) is 0 Å². The van der Waals surface area contributed by atoms with Crippen LogP contribution in [0.3, 0.4) is 0 Å². The zero-order chi connectivity index (χ0) is 14.6. The molecule has 0 aromatic heterocycles. The van der Waals surface area contributed by atoms with Gasteiger partial charge in [-0.3, -0.25) is 0 Å². The summed E-state index contributed by atoms with van der Waals surface area (Å²) < 4.78 is 27.1. The number of sulfonamides is 1. The summed E-state index contributed by atoms with van der Waals surface area (Å²) in [6, 6.07) is 4.39. The highest BCUT2D eigenvalue weighted by Crippen LogP contribution is 2.25. The van der Waals surface area contributed by atoms with Gasteiger partial charge in [0.25, 0.3) is 0 Å². The molecule has 19 heavy (non-hydrogen) atoms. The number of nitrogen functional groups attached to an aromatic ring is 1. The minimum atomic E-state index is -3.59. The van der Waals surface area contributed by atoms with Crippen LogP contribution in [0.2, 0.25) is 0 Å². The number of nitrogens with zero attached hydrogens (tertiary/aromatic N) is 1. The van der Waals surface area contributed by atoms with Crippen molar-refractivity contribution in [3.63, 3.8) is 0 Å². The van der Waals surface area contributed by atoms with Gasteiger partial charge in [-0.05, 0) is 54.4 Å². The van der Waals surface area contributed by atoms with Gasteiger partial charge >= 0.3 is 0 Å². The standard InChI is InChI=1S/C12H19BrN2O3S/c1-9(2)15(6-3-7-16)19(17,18)10-4-5-11(13)12(14)8-10/h4-5,8-9,16H,3,6-7,14H2,1-2H3. The Morgan fingerprint density at radius 1 is 1.42 bits per heavy atom. The second-order valence-electron chi connectivity index (χ2n) is 4.47. The molecule has 0 saturated heterocycles. The van der Waals surface area contributed by atoms with E-state index in [-0.39, 0.29) is 24.1 Å². The van der Waals surface area contributed by atoms with Crippen molar-refractivity contribution in [2.75, 3.05) is 18.9 Å². The van der Waals surface area contributed by atoms with E-state index in [0.717, 1.165) is 0 Å². The van der Waals surface area contributed by atoms with Gasteiger partial charge in [-0.15, -0.1) is 0 Å². The minimum absolute atomic E-state index is 0.0405. The van der Waals surface area contributed by atoms with Gasteiger partial charge in [0, 0.05) is 29.4 Å². The molecule has 0 radical (unpaired) electrons. The first-order chi connectivity index (χ1) is 8.80. The molecule has 0 saturated carbocycles. The van der Waals surface area contributed by atoms with Crippen LogP contribution in [0.25, 0.3) is 0 Å². The van der Waals surface area contributed by atoms with Crippen LogP contribution < -0.4 is 5.73 Å². The fourth-order valence-electron chi connectivity index (χ4n) is 1.70. The lowest BCUT2D eigenvalue weighted by atomic mass is 10.3. The Morgan fingerprint density at radius 3 is 2.53 bits per heavy atom. The fraction of sp³-hybridized carbons (Fsp3) is 0.500. The van der Waals surface area contributed by atoms with E-state index in [0.29, 0.717) is 16.6 Å². The number of rotatable bonds is 6. The Bertz CT molecular complexity index is 532. The molecular formula is C12H19BrN2O3S. The Hall–Kier alpha value is -0.630. The molecule has 0 amide bonds. The van der Waals surface area contributed by atoms with Gasteiger partial charge in [-0.25, -0.2) is 8.42 Å². The summed E-state index contributed by atoms with van der Waals surface area (Å²) in [5, 5.41) is 8.87. The molecule has 0 fully saturated rings. The lowest BCUT2D eigenvalue weighted by Gasteiger charge is -2.25. The van der Waals surface area contributed by atoms with Crippen LogP contribution in [-0.4, -0.2) is 37.0 Å². The summed E-state index contributed by atoms with van der Waals surface area (Å²) in [6.07, 6.45) is 0.406. The Labute approximate surface area is 122 Å². The first-order valence-electron chi connectivity index (χ1n) is 5.98. The van der Waals surface area contributed by atoms with Crippen molar-refractivity contribution >= 4 is 31.6 Å². The maximum absolute atomic E-state index is 12.5. The molecule has 7 heteroatoms. The zero-order valence-corrected chi connectivity index (χ0v) is 13.4. The monoisotopic (exact) mass is 350 g/mol. The first-order valence-corrected chi connectivity index (χ1v) is 8.21. The van der Waals surface area contributed by atoms with E-state index in [1.54, 1.807) is 19.9 Å². The molecule has 0 aliphatic rings. The van der Waals surface area contributed by atoms with Crippen molar-refractivity contribution in [1.82, 2.24) is 4.31 Å². The van der Waals surface area contributed by atoms with E-state index in [1.807, 2.05) is 0 Å². The van der Waals surface area contributed by atoms with Gasteiger partial charge in [-0.2, -0.15) is 4.31 Å². The number of anilines is 1. The quantitative estimate of drug-likeness (QED) is 0.766. The minimum Gasteiger partial charge on any atom is -0.398 e. The SMILES string of the molecule is CC(C)N(CCCO)S(=O)(=O)c1ccc(Br)c(N)c1. The van der Waals surface area contributed by atoms with E-state index in [2.05, 4.69) is 15.9 Å². The molecule has 0 unspecified atom stereocenters. The average molecular weight is 351 g/mol. The van der Waals surface area contributed by atoms with Crippen LogP contribution in [0.1, 0.15) is 20.3 Å². The first kappa shape index (κ1) is 16.4. The number of halogens is 1. The Balaban J connectivity index is 3.15. The van der Waals surface area contributed by atoms with E-state index < -0.39 is 10.0 Å². The molecule has 1 rings (SSSR count). The average Bonchev–Trinajstić information content (AvgIpc) is 2.32. The summed E-state index contributed by atoms with van der Waals surface area (Å²) in [5.41, 5.74) is 6.11.